The molecule has 0 radical (unpaired) electrons. The predicted octanol–water partition coefficient (Wildman–Crippen LogP) is 1.12. The number of rotatable bonds is 16. The molecule has 1 N–H and O–H groups in total. The predicted molar refractivity (Wildman–Crippen MR) is 99.8 cm³/mol. The Bertz CT molecular complexity index is 581. The standard InChI is InChI=1S/C13H27Cl2NO8S2/c1-13(2,16(14)15)3-10-25(17,18)11-8-23-6-4-22-5-7-24-9-12-26(19,20)21/h3-12H2,1-2H3,(H,19,20,21). The highest BCUT2D eigenvalue weighted by Gasteiger charge is 2.26. The highest BCUT2D eigenvalue weighted by atomic mass is 35.5. The quantitative estimate of drug-likeness (QED) is 0.205. The van der Waals surface area contributed by atoms with Gasteiger partial charge in [0, 0.05) is 5.54 Å². The number of halogens is 2. The maximum Gasteiger partial charge on any atom is 0.267 e. The summed E-state index contributed by atoms with van der Waals surface area (Å²) in [5.41, 5.74) is -0.645. The molecular weight excluding hydrogens is 433 g/mol. The molecule has 0 rings (SSSR count). The summed E-state index contributed by atoms with van der Waals surface area (Å²) >= 11 is 11.3. The van der Waals surface area contributed by atoms with Crippen molar-refractivity contribution in [2.24, 2.45) is 0 Å². The topological polar surface area (TPSA) is 119 Å². The number of sulfone groups is 1. The van der Waals surface area contributed by atoms with Crippen molar-refractivity contribution in [3.05, 3.63) is 0 Å². The Morgan fingerprint density at radius 2 is 1.23 bits per heavy atom. The number of hydrogen-bond acceptors (Lipinski definition) is 8. The molecule has 13 heteroatoms. The maximum atomic E-state index is 11.9. The maximum absolute atomic E-state index is 11.9. The van der Waals surface area contributed by atoms with Gasteiger partial charge >= 0.3 is 0 Å². The SMILES string of the molecule is CC(C)(CCS(=O)(=O)CCOCCOCCOCCS(=O)(=O)O)N(Cl)Cl. The molecule has 0 bridgehead atoms. The molecule has 0 atom stereocenters. The third-order valence-electron chi connectivity index (χ3n) is 3.25. The van der Waals surface area contributed by atoms with Crippen LogP contribution in [0.1, 0.15) is 20.3 Å². The van der Waals surface area contributed by atoms with Gasteiger partial charge in [0.1, 0.15) is 0 Å². The van der Waals surface area contributed by atoms with E-state index in [1.54, 1.807) is 13.8 Å². The van der Waals surface area contributed by atoms with Gasteiger partial charge < -0.3 is 14.2 Å². The number of nitrogens with zero attached hydrogens (tertiary/aromatic N) is 1. The molecule has 0 unspecified atom stereocenters. The summed E-state index contributed by atoms with van der Waals surface area (Å²) in [5.74, 6) is -0.612. The first-order valence-electron chi connectivity index (χ1n) is 7.86. The Kier molecular flexibility index (Phi) is 12.8. The lowest BCUT2D eigenvalue weighted by molar-refractivity contribution is 0.0200. The van der Waals surface area contributed by atoms with Gasteiger partial charge in [-0.3, -0.25) is 4.55 Å². The van der Waals surface area contributed by atoms with E-state index in [2.05, 4.69) is 0 Å². The Morgan fingerprint density at radius 1 is 0.808 bits per heavy atom. The van der Waals surface area contributed by atoms with Crippen molar-refractivity contribution in [2.75, 3.05) is 56.9 Å². The van der Waals surface area contributed by atoms with Crippen LogP contribution in [0.15, 0.2) is 0 Å². The van der Waals surface area contributed by atoms with E-state index >= 15 is 0 Å². The molecule has 158 valence electrons. The van der Waals surface area contributed by atoms with E-state index < -0.39 is 31.2 Å². The van der Waals surface area contributed by atoms with Gasteiger partial charge in [-0.1, -0.05) is 0 Å². The molecule has 9 nitrogen and oxygen atoms in total. The monoisotopic (exact) mass is 459 g/mol. The first-order chi connectivity index (χ1) is 11.9. The normalized spacial score (nSPS) is 13.5. The van der Waals surface area contributed by atoms with E-state index in [0.29, 0.717) is 6.42 Å². The van der Waals surface area contributed by atoms with Crippen molar-refractivity contribution in [2.45, 2.75) is 25.8 Å². The lowest BCUT2D eigenvalue weighted by Gasteiger charge is -2.27. The molecule has 0 aliphatic heterocycles. The zero-order valence-electron chi connectivity index (χ0n) is 14.9. The lowest BCUT2D eigenvalue weighted by atomic mass is 10.0. The van der Waals surface area contributed by atoms with Gasteiger partial charge in [0.05, 0.1) is 56.9 Å². The molecule has 0 heterocycles. The molecular formula is C13H27Cl2NO8S2. The second-order valence-electron chi connectivity index (χ2n) is 6.07. The van der Waals surface area contributed by atoms with Crippen LogP contribution in [0.3, 0.4) is 0 Å². The average molecular weight is 460 g/mol. The van der Waals surface area contributed by atoms with Crippen LogP contribution in [0, 0.1) is 0 Å². The molecule has 0 aliphatic rings. The molecule has 0 spiro atoms. The summed E-state index contributed by atoms with van der Waals surface area (Å²) in [4.78, 5) is 0. The largest absolute Gasteiger partial charge is 0.378 e. The number of hydrogen-bond donors (Lipinski definition) is 1. The average Bonchev–Trinajstić information content (AvgIpc) is 2.49. The minimum absolute atomic E-state index is 0.0449. The zero-order chi connectivity index (χ0) is 20.3. The summed E-state index contributed by atoms with van der Waals surface area (Å²) in [6.45, 7) is 4.31. The molecule has 0 aromatic rings. The van der Waals surface area contributed by atoms with Crippen molar-refractivity contribution in [1.29, 1.82) is 0 Å². The fourth-order valence-electron chi connectivity index (χ4n) is 1.48. The minimum atomic E-state index is -4.01. The molecule has 0 saturated heterocycles. The van der Waals surface area contributed by atoms with Crippen LogP contribution in [0.2, 0.25) is 0 Å². The molecule has 26 heavy (non-hydrogen) atoms. The highest BCUT2D eigenvalue weighted by Crippen LogP contribution is 2.24. The number of ether oxygens (including phenoxy) is 3. The second-order valence-corrected chi connectivity index (χ2v) is 10.8. The van der Waals surface area contributed by atoms with Crippen LogP contribution < -0.4 is 0 Å². The minimum Gasteiger partial charge on any atom is -0.378 e. The van der Waals surface area contributed by atoms with Crippen molar-refractivity contribution in [1.82, 2.24) is 3.94 Å². The first-order valence-corrected chi connectivity index (χ1v) is 12.0. The third-order valence-corrected chi connectivity index (χ3v) is 6.46. The van der Waals surface area contributed by atoms with E-state index in [1.165, 1.54) is 0 Å². The molecule has 0 fully saturated rings. The fourth-order valence-corrected chi connectivity index (χ4v) is 3.37. The second kappa shape index (κ2) is 12.7. The van der Waals surface area contributed by atoms with Gasteiger partial charge in [-0.2, -0.15) is 8.42 Å². The third kappa shape index (κ3) is 15.3. The van der Waals surface area contributed by atoms with Gasteiger partial charge in [0.25, 0.3) is 10.1 Å². The van der Waals surface area contributed by atoms with Crippen LogP contribution >= 0.6 is 23.6 Å². The van der Waals surface area contributed by atoms with E-state index in [1.807, 2.05) is 0 Å². The molecule has 0 saturated carbocycles. The Morgan fingerprint density at radius 3 is 1.65 bits per heavy atom. The molecule has 0 aromatic carbocycles. The molecule has 0 amide bonds. The van der Waals surface area contributed by atoms with Crippen molar-refractivity contribution in [3.63, 3.8) is 0 Å². The Labute approximate surface area is 165 Å². The van der Waals surface area contributed by atoms with Gasteiger partial charge in [0.15, 0.2) is 9.84 Å². The van der Waals surface area contributed by atoms with Gasteiger partial charge in [-0.25, -0.2) is 8.42 Å². The van der Waals surface area contributed by atoms with Crippen LogP contribution in [0.25, 0.3) is 0 Å². The fraction of sp³-hybridized carbons (Fsp3) is 1.00. The van der Waals surface area contributed by atoms with Crippen molar-refractivity contribution < 1.29 is 35.6 Å². The van der Waals surface area contributed by atoms with Crippen LogP contribution in [0.4, 0.5) is 0 Å². The van der Waals surface area contributed by atoms with Crippen LogP contribution in [-0.2, 0) is 34.2 Å². The van der Waals surface area contributed by atoms with Crippen molar-refractivity contribution >= 4 is 43.5 Å². The van der Waals surface area contributed by atoms with E-state index in [-0.39, 0.29) is 51.1 Å². The zero-order valence-corrected chi connectivity index (χ0v) is 18.0. The summed E-state index contributed by atoms with van der Waals surface area (Å²) in [6.07, 6.45) is 0.295. The van der Waals surface area contributed by atoms with Crippen LogP contribution in [-0.4, -0.2) is 87.8 Å². The lowest BCUT2D eigenvalue weighted by Crippen LogP contribution is -2.34. The van der Waals surface area contributed by atoms with Crippen LogP contribution in [0.5, 0.6) is 0 Å². The van der Waals surface area contributed by atoms with E-state index in [9.17, 15) is 16.8 Å². The Hall–Kier alpha value is 0.280. The van der Waals surface area contributed by atoms with E-state index in [4.69, 9.17) is 42.3 Å². The Balaban J connectivity index is 3.62. The molecule has 0 aliphatic carbocycles. The summed E-state index contributed by atoms with van der Waals surface area (Å²) in [7, 11) is -7.28. The van der Waals surface area contributed by atoms with Crippen molar-refractivity contribution in [3.8, 4) is 0 Å². The van der Waals surface area contributed by atoms with E-state index in [0.717, 1.165) is 3.94 Å². The van der Waals surface area contributed by atoms with Gasteiger partial charge in [0.2, 0.25) is 0 Å². The summed E-state index contributed by atoms with van der Waals surface area (Å²) < 4.78 is 69.4. The first kappa shape index (κ1) is 26.3. The van der Waals surface area contributed by atoms with Gasteiger partial charge in [-0.05, 0) is 43.8 Å². The summed E-state index contributed by atoms with van der Waals surface area (Å²) in [6, 6.07) is 0. The van der Waals surface area contributed by atoms with Gasteiger partial charge in [-0.15, -0.1) is 3.94 Å². The molecule has 0 aromatic heterocycles. The highest BCUT2D eigenvalue weighted by molar-refractivity contribution is 7.91. The smallest absolute Gasteiger partial charge is 0.267 e. The summed E-state index contributed by atoms with van der Waals surface area (Å²) in [5, 5.41) is 0.